The molecule has 4 nitrogen and oxygen atoms in total. The van der Waals surface area contributed by atoms with Gasteiger partial charge in [0.05, 0.1) is 6.21 Å². The first-order valence-electron chi connectivity index (χ1n) is 6.35. The van der Waals surface area contributed by atoms with E-state index < -0.39 is 0 Å². The molecule has 108 valence electrons. The zero-order valence-electron chi connectivity index (χ0n) is 11.9. The molecule has 0 radical (unpaired) electrons. The van der Waals surface area contributed by atoms with Crippen LogP contribution in [0.4, 0.5) is 5.69 Å². The molecule has 0 saturated heterocycles. The van der Waals surface area contributed by atoms with Crippen LogP contribution in [0.15, 0.2) is 58.6 Å². The third-order valence-electron chi connectivity index (χ3n) is 2.83. The molecule has 1 amide bonds. The van der Waals surface area contributed by atoms with Gasteiger partial charge in [-0.15, -0.1) is 11.8 Å². The van der Waals surface area contributed by atoms with Gasteiger partial charge in [-0.25, -0.2) is 0 Å². The van der Waals surface area contributed by atoms with Crippen molar-refractivity contribution >= 4 is 29.6 Å². The van der Waals surface area contributed by atoms with Crippen LogP contribution in [0.2, 0.25) is 0 Å². The lowest BCUT2D eigenvalue weighted by Crippen LogP contribution is -2.11. The van der Waals surface area contributed by atoms with Crippen molar-refractivity contribution in [1.29, 1.82) is 0 Å². The number of hydrogen-bond acceptors (Lipinski definition) is 4. The van der Waals surface area contributed by atoms with Crippen LogP contribution in [0.25, 0.3) is 0 Å². The molecule has 0 fully saturated rings. The average Bonchev–Trinajstić information content (AvgIpc) is 2.54. The highest BCUT2D eigenvalue weighted by atomic mass is 32.2. The molecule has 0 spiro atoms. The molecule has 2 aromatic carbocycles. The lowest BCUT2D eigenvalue weighted by Gasteiger charge is -2.06. The molecule has 1 N–H and O–H groups in total. The van der Waals surface area contributed by atoms with Crippen molar-refractivity contribution in [1.82, 2.24) is 0 Å². The number of nitrogens with zero attached hydrogens (tertiary/aromatic N) is 1. The summed E-state index contributed by atoms with van der Waals surface area (Å²) in [7, 11) is 1.49. The number of carbonyl (C=O) groups is 1. The highest BCUT2D eigenvalue weighted by Crippen LogP contribution is 2.18. The fourth-order valence-corrected chi connectivity index (χ4v) is 2.12. The predicted octanol–water partition coefficient (Wildman–Crippen LogP) is 3.64. The second kappa shape index (κ2) is 7.50. The highest BCUT2D eigenvalue weighted by molar-refractivity contribution is 7.98. The van der Waals surface area contributed by atoms with Crippen molar-refractivity contribution < 1.29 is 9.63 Å². The molecule has 21 heavy (non-hydrogen) atoms. The van der Waals surface area contributed by atoms with Gasteiger partial charge in [-0.1, -0.05) is 17.3 Å². The molecule has 0 aliphatic carbocycles. The summed E-state index contributed by atoms with van der Waals surface area (Å²) < 4.78 is 0. The Morgan fingerprint density at radius 2 is 1.81 bits per heavy atom. The molecule has 2 rings (SSSR count). The largest absolute Gasteiger partial charge is 0.399 e. The maximum atomic E-state index is 12.1. The molecule has 0 aliphatic heterocycles. The van der Waals surface area contributed by atoms with Crippen LogP contribution in [0.1, 0.15) is 15.9 Å². The van der Waals surface area contributed by atoms with Gasteiger partial charge in [0, 0.05) is 16.1 Å². The van der Waals surface area contributed by atoms with Crippen molar-refractivity contribution in [2.45, 2.75) is 4.90 Å². The SMILES string of the molecule is CO/N=C/c1ccc(C(=O)Nc2ccc(SC)cc2)cc1. The molecule has 0 aromatic heterocycles. The first kappa shape index (κ1) is 15.1. The van der Waals surface area contributed by atoms with Gasteiger partial charge in [-0.2, -0.15) is 0 Å². The summed E-state index contributed by atoms with van der Waals surface area (Å²) in [6.45, 7) is 0. The summed E-state index contributed by atoms with van der Waals surface area (Å²) >= 11 is 1.67. The van der Waals surface area contributed by atoms with Crippen molar-refractivity contribution in [2.24, 2.45) is 5.16 Å². The van der Waals surface area contributed by atoms with Gasteiger partial charge in [0.15, 0.2) is 0 Å². The van der Waals surface area contributed by atoms with Gasteiger partial charge in [-0.3, -0.25) is 4.79 Å². The van der Waals surface area contributed by atoms with Crippen molar-refractivity contribution in [3.05, 3.63) is 59.7 Å². The molecular weight excluding hydrogens is 284 g/mol. The van der Waals surface area contributed by atoms with E-state index in [-0.39, 0.29) is 5.91 Å². The Hall–Kier alpha value is -2.27. The quantitative estimate of drug-likeness (QED) is 0.521. The Labute approximate surface area is 128 Å². The smallest absolute Gasteiger partial charge is 0.255 e. The number of anilines is 1. The maximum absolute atomic E-state index is 12.1. The Bertz CT molecular complexity index is 622. The fourth-order valence-electron chi connectivity index (χ4n) is 1.71. The molecule has 0 saturated carbocycles. The van der Waals surface area contributed by atoms with Crippen LogP contribution in [-0.2, 0) is 4.84 Å². The number of carbonyl (C=O) groups excluding carboxylic acids is 1. The monoisotopic (exact) mass is 300 g/mol. The van der Waals surface area contributed by atoms with Crippen LogP contribution < -0.4 is 5.32 Å². The normalized spacial score (nSPS) is 10.6. The fraction of sp³-hybridized carbons (Fsp3) is 0.125. The van der Waals surface area contributed by atoms with E-state index in [1.54, 1.807) is 30.1 Å². The number of hydrogen-bond donors (Lipinski definition) is 1. The van der Waals surface area contributed by atoms with E-state index in [1.165, 1.54) is 7.11 Å². The van der Waals surface area contributed by atoms with E-state index in [1.807, 2.05) is 42.7 Å². The molecule has 0 unspecified atom stereocenters. The summed E-state index contributed by atoms with van der Waals surface area (Å²) in [5.41, 5.74) is 2.25. The standard InChI is InChI=1S/C16H16N2O2S/c1-20-17-11-12-3-5-13(6-4-12)16(19)18-14-7-9-15(21-2)10-8-14/h3-11H,1-2H3,(H,18,19)/b17-11+. The summed E-state index contributed by atoms with van der Waals surface area (Å²) in [5, 5.41) is 6.54. The maximum Gasteiger partial charge on any atom is 0.255 e. The highest BCUT2D eigenvalue weighted by Gasteiger charge is 2.05. The number of thioether (sulfide) groups is 1. The van der Waals surface area contributed by atoms with E-state index in [4.69, 9.17) is 0 Å². The summed E-state index contributed by atoms with van der Waals surface area (Å²) in [6.07, 6.45) is 3.60. The second-order valence-corrected chi connectivity index (χ2v) is 5.10. The Morgan fingerprint density at radius 3 is 2.38 bits per heavy atom. The molecule has 5 heteroatoms. The third kappa shape index (κ3) is 4.36. The molecule has 0 heterocycles. The van der Waals surface area contributed by atoms with Crippen LogP contribution in [0, 0.1) is 0 Å². The second-order valence-electron chi connectivity index (χ2n) is 4.22. The molecule has 0 aliphatic rings. The molecular formula is C16H16N2O2S. The number of nitrogens with one attached hydrogen (secondary N) is 1. The summed E-state index contributed by atoms with van der Waals surface area (Å²) in [6, 6.07) is 14.9. The minimum absolute atomic E-state index is 0.137. The van der Waals surface area contributed by atoms with E-state index >= 15 is 0 Å². The minimum Gasteiger partial charge on any atom is -0.399 e. The Kier molecular flexibility index (Phi) is 5.40. The van der Waals surface area contributed by atoms with E-state index in [0.29, 0.717) is 5.56 Å². The molecule has 0 bridgehead atoms. The minimum atomic E-state index is -0.137. The summed E-state index contributed by atoms with van der Waals surface area (Å²) in [5.74, 6) is -0.137. The lowest BCUT2D eigenvalue weighted by molar-refractivity contribution is 0.102. The van der Waals surface area contributed by atoms with Gasteiger partial charge < -0.3 is 10.2 Å². The van der Waals surface area contributed by atoms with E-state index in [0.717, 1.165) is 16.1 Å². The summed E-state index contributed by atoms with van der Waals surface area (Å²) in [4.78, 5) is 17.9. The van der Waals surface area contributed by atoms with Crippen LogP contribution in [0.5, 0.6) is 0 Å². The van der Waals surface area contributed by atoms with Crippen molar-refractivity contribution in [2.75, 3.05) is 18.7 Å². The van der Waals surface area contributed by atoms with Crippen LogP contribution in [0.3, 0.4) is 0 Å². The number of oxime groups is 1. The molecule has 0 atom stereocenters. The zero-order valence-corrected chi connectivity index (χ0v) is 12.7. The number of amides is 1. The van der Waals surface area contributed by atoms with Crippen LogP contribution >= 0.6 is 11.8 Å². The first-order chi connectivity index (χ1) is 10.2. The third-order valence-corrected chi connectivity index (χ3v) is 3.57. The topological polar surface area (TPSA) is 50.7 Å². The first-order valence-corrected chi connectivity index (χ1v) is 7.57. The Morgan fingerprint density at radius 1 is 1.14 bits per heavy atom. The lowest BCUT2D eigenvalue weighted by atomic mass is 10.1. The van der Waals surface area contributed by atoms with Gasteiger partial charge in [-0.05, 0) is 48.2 Å². The van der Waals surface area contributed by atoms with Crippen molar-refractivity contribution in [3.63, 3.8) is 0 Å². The van der Waals surface area contributed by atoms with Gasteiger partial charge in [0.2, 0.25) is 0 Å². The van der Waals surface area contributed by atoms with E-state index in [2.05, 4.69) is 15.3 Å². The van der Waals surface area contributed by atoms with Gasteiger partial charge in [0.1, 0.15) is 7.11 Å². The zero-order chi connectivity index (χ0) is 15.1. The molecule has 2 aromatic rings. The predicted molar refractivity (Wildman–Crippen MR) is 87.2 cm³/mol. The van der Waals surface area contributed by atoms with Crippen LogP contribution in [-0.4, -0.2) is 25.5 Å². The van der Waals surface area contributed by atoms with Gasteiger partial charge >= 0.3 is 0 Å². The van der Waals surface area contributed by atoms with E-state index in [9.17, 15) is 4.79 Å². The van der Waals surface area contributed by atoms with Gasteiger partial charge in [0.25, 0.3) is 5.91 Å². The number of rotatable bonds is 5. The number of benzene rings is 2. The van der Waals surface area contributed by atoms with Crippen molar-refractivity contribution in [3.8, 4) is 0 Å². The Balaban J connectivity index is 2.03. The average molecular weight is 300 g/mol.